The number of aryl methyl sites for hydroxylation is 2. The number of likely N-dealkylation sites (tertiary alicyclic amines) is 1. The summed E-state index contributed by atoms with van der Waals surface area (Å²) in [6, 6.07) is 3.31. The first-order valence-corrected chi connectivity index (χ1v) is 11.9. The zero-order chi connectivity index (χ0) is 25.5. The predicted octanol–water partition coefficient (Wildman–Crippen LogP) is 3.39. The van der Waals surface area contributed by atoms with Gasteiger partial charge in [-0.05, 0) is 64.3 Å². The molecule has 35 heavy (non-hydrogen) atoms. The van der Waals surface area contributed by atoms with Crippen molar-refractivity contribution in [3.05, 3.63) is 62.8 Å². The van der Waals surface area contributed by atoms with Crippen LogP contribution in [0.3, 0.4) is 0 Å². The lowest BCUT2D eigenvalue weighted by atomic mass is 9.88. The molecule has 2 N–H and O–H groups in total. The molecule has 4 rings (SSSR count). The molecule has 0 aliphatic carbocycles. The van der Waals surface area contributed by atoms with E-state index in [4.69, 9.17) is 9.90 Å². The number of halogens is 2. The van der Waals surface area contributed by atoms with Crippen LogP contribution in [0.25, 0.3) is 0 Å². The molecule has 0 amide bonds. The van der Waals surface area contributed by atoms with Gasteiger partial charge in [0.2, 0.25) is 0 Å². The zero-order valence-electron chi connectivity index (χ0n) is 20.1. The van der Waals surface area contributed by atoms with Crippen molar-refractivity contribution in [1.82, 2.24) is 14.5 Å². The number of piperidine rings is 1. The molecular formula is C25H32F2N4O4. The van der Waals surface area contributed by atoms with E-state index in [2.05, 4.69) is 15.0 Å². The van der Waals surface area contributed by atoms with Crippen LogP contribution in [-0.2, 0) is 24.2 Å². The molecule has 0 atom stereocenters. The number of fused-ring (bicyclic) bond motifs is 1. The van der Waals surface area contributed by atoms with E-state index in [0.717, 1.165) is 75.5 Å². The number of hydrogen-bond acceptors (Lipinski definition) is 6. The number of nitrogens with zero attached hydrogens (tertiary/aromatic N) is 4. The van der Waals surface area contributed by atoms with Crippen molar-refractivity contribution in [1.29, 1.82) is 0 Å². The highest BCUT2D eigenvalue weighted by Gasteiger charge is 2.27. The van der Waals surface area contributed by atoms with Crippen LogP contribution >= 0.6 is 0 Å². The highest BCUT2D eigenvalue weighted by atomic mass is 19.1. The van der Waals surface area contributed by atoms with Crippen molar-refractivity contribution in [3.63, 3.8) is 0 Å². The van der Waals surface area contributed by atoms with Crippen LogP contribution in [0, 0.1) is 24.5 Å². The smallest absolute Gasteiger partial charge is 0.300 e. The van der Waals surface area contributed by atoms with E-state index in [-0.39, 0.29) is 22.8 Å². The Hall–Kier alpha value is -3.14. The van der Waals surface area contributed by atoms with E-state index in [1.165, 1.54) is 12.1 Å². The SMILES string of the molecule is CC(=O)O.Cc1nc2n(c(=O)c1CCN1CCC(/C(=N/O)c3ccc(F)cc3F)CC1)CCCC2. The van der Waals surface area contributed by atoms with Crippen molar-refractivity contribution in [2.45, 2.75) is 58.9 Å². The quantitative estimate of drug-likeness (QED) is 0.378. The summed E-state index contributed by atoms with van der Waals surface area (Å²) in [5.41, 5.74) is 2.13. The molecule has 1 fully saturated rings. The largest absolute Gasteiger partial charge is 0.481 e. The monoisotopic (exact) mass is 490 g/mol. The Kier molecular flexibility index (Phi) is 9.08. The van der Waals surface area contributed by atoms with Crippen molar-refractivity contribution >= 4 is 11.7 Å². The standard InChI is InChI=1S/C23H28F2N4O2.C2H4O2/c1-15-18(23(30)29-10-3-2-4-21(29)26-15)9-13-28-11-7-16(8-12-28)22(27-31)19-6-5-17(24)14-20(19)25;1-2(3)4/h5-6,14,16,31H,2-4,7-13H2,1H3;1H3,(H,3,4)/b27-22-;. The van der Waals surface area contributed by atoms with E-state index in [1.807, 2.05) is 11.5 Å². The highest BCUT2D eigenvalue weighted by molar-refractivity contribution is 6.02. The molecule has 10 heteroatoms. The normalized spacial score (nSPS) is 16.9. The fourth-order valence-electron chi connectivity index (χ4n) is 4.77. The number of carbonyl (C=O) groups is 1. The van der Waals surface area contributed by atoms with Crippen molar-refractivity contribution in [3.8, 4) is 0 Å². The molecule has 0 unspecified atom stereocenters. The Morgan fingerprint density at radius 3 is 2.51 bits per heavy atom. The number of aliphatic carboxylic acids is 1. The maximum Gasteiger partial charge on any atom is 0.300 e. The Balaban J connectivity index is 0.000000795. The van der Waals surface area contributed by atoms with Gasteiger partial charge in [-0.2, -0.15) is 0 Å². The van der Waals surface area contributed by atoms with Gasteiger partial charge in [0.05, 0.1) is 5.71 Å². The van der Waals surface area contributed by atoms with Gasteiger partial charge in [-0.15, -0.1) is 0 Å². The first-order valence-electron chi connectivity index (χ1n) is 11.9. The van der Waals surface area contributed by atoms with Crippen molar-refractivity contribution in [2.24, 2.45) is 11.1 Å². The Labute approximate surface area is 202 Å². The molecule has 0 saturated carbocycles. The van der Waals surface area contributed by atoms with Crippen molar-refractivity contribution < 1.29 is 23.9 Å². The third kappa shape index (κ3) is 6.72. The maximum absolute atomic E-state index is 14.1. The lowest BCUT2D eigenvalue weighted by Crippen LogP contribution is -2.39. The molecule has 2 aliphatic rings. The molecular weight excluding hydrogens is 458 g/mol. The third-order valence-electron chi connectivity index (χ3n) is 6.55. The first kappa shape index (κ1) is 26.5. The minimum absolute atomic E-state index is 0.0959. The molecule has 0 spiro atoms. The minimum atomic E-state index is -0.833. The Bertz CT molecular complexity index is 1140. The van der Waals surface area contributed by atoms with Crippen LogP contribution < -0.4 is 5.56 Å². The lowest BCUT2D eigenvalue weighted by molar-refractivity contribution is -0.134. The second kappa shape index (κ2) is 12.0. The van der Waals surface area contributed by atoms with Crippen LogP contribution in [0.1, 0.15) is 55.3 Å². The summed E-state index contributed by atoms with van der Waals surface area (Å²) >= 11 is 0. The summed E-state index contributed by atoms with van der Waals surface area (Å²) in [5, 5.41) is 20.2. The van der Waals surface area contributed by atoms with Gasteiger partial charge in [0, 0.05) is 55.2 Å². The van der Waals surface area contributed by atoms with Gasteiger partial charge < -0.3 is 15.2 Å². The number of benzene rings is 1. The molecule has 8 nitrogen and oxygen atoms in total. The van der Waals surface area contributed by atoms with Gasteiger partial charge in [0.15, 0.2) is 0 Å². The number of oxime groups is 1. The van der Waals surface area contributed by atoms with Gasteiger partial charge >= 0.3 is 0 Å². The lowest BCUT2D eigenvalue weighted by Gasteiger charge is -2.32. The van der Waals surface area contributed by atoms with Crippen LogP contribution in [0.5, 0.6) is 0 Å². The molecule has 1 aromatic carbocycles. The average Bonchev–Trinajstić information content (AvgIpc) is 2.81. The summed E-state index contributed by atoms with van der Waals surface area (Å²) < 4.78 is 29.2. The summed E-state index contributed by atoms with van der Waals surface area (Å²) in [4.78, 5) is 28.8. The second-order valence-corrected chi connectivity index (χ2v) is 9.00. The van der Waals surface area contributed by atoms with Crippen LogP contribution in [0.4, 0.5) is 8.78 Å². The molecule has 190 valence electrons. The maximum atomic E-state index is 14.1. The second-order valence-electron chi connectivity index (χ2n) is 9.00. The molecule has 0 radical (unpaired) electrons. The summed E-state index contributed by atoms with van der Waals surface area (Å²) in [5.74, 6) is -1.40. The number of aromatic nitrogens is 2. The van der Waals surface area contributed by atoms with Crippen LogP contribution in [0.15, 0.2) is 28.1 Å². The van der Waals surface area contributed by atoms with E-state index < -0.39 is 17.6 Å². The van der Waals surface area contributed by atoms with Gasteiger partial charge in [0.1, 0.15) is 17.5 Å². The molecule has 1 aromatic heterocycles. The van der Waals surface area contributed by atoms with E-state index in [0.29, 0.717) is 19.3 Å². The zero-order valence-corrected chi connectivity index (χ0v) is 20.1. The fourth-order valence-corrected chi connectivity index (χ4v) is 4.77. The number of hydrogen-bond donors (Lipinski definition) is 2. The minimum Gasteiger partial charge on any atom is -0.481 e. The van der Waals surface area contributed by atoms with Gasteiger partial charge in [0.25, 0.3) is 11.5 Å². The highest BCUT2D eigenvalue weighted by Crippen LogP contribution is 2.24. The van der Waals surface area contributed by atoms with Crippen LogP contribution in [-0.4, -0.2) is 56.1 Å². The third-order valence-corrected chi connectivity index (χ3v) is 6.55. The van der Waals surface area contributed by atoms with Gasteiger partial charge in [-0.3, -0.25) is 14.2 Å². The average molecular weight is 491 g/mol. The van der Waals surface area contributed by atoms with E-state index in [9.17, 15) is 18.8 Å². The number of carboxylic acids is 1. The molecule has 2 aliphatic heterocycles. The fraction of sp³-hybridized carbons (Fsp3) is 0.520. The van der Waals surface area contributed by atoms with Gasteiger partial charge in [-0.1, -0.05) is 5.16 Å². The van der Waals surface area contributed by atoms with E-state index in [1.54, 1.807) is 0 Å². The number of carboxylic acid groups (broad SMARTS) is 1. The Morgan fingerprint density at radius 2 is 1.89 bits per heavy atom. The van der Waals surface area contributed by atoms with Crippen molar-refractivity contribution in [2.75, 3.05) is 19.6 Å². The molecule has 3 heterocycles. The topological polar surface area (TPSA) is 108 Å². The molecule has 2 aromatic rings. The van der Waals surface area contributed by atoms with Gasteiger partial charge in [-0.25, -0.2) is 13.8 Å². The van der Waals surface area contributed by atoms with E-state index >= 15 is 0 Å². The summed E-state index contributed by atoms with van der Waals surface area (Å²) in [6.07, 6.45) is 5.03. The van der Waals surface area contributed by atoms with Crippen LogP contribution in [0.2, 0.25) is 0 Å². The summed E-state index contributed by atoms with van der Waals surface area (Å²) in [7, 11) is 0. The summed E-state index contributed by atoms with van der Waals surface area (Å²) in [6.45, 7) is 6.01. The Morgan fingerprint density at radius 1 is 1.20 bits per heavy atom. The molecule has 1 saturated heterocycles. The first-order chi connectivity index (χ1) is 16.7. The predicted molar refractivity (Wildman–Crippen MR) is 127 cm³/mol. The molecule has 0 bridgehead atoms. The number of rotatable bonds is 5.